The molecule has 1 fully saturated rings. The van der Waals surface area contributed by atoms with E-state index in [2.05, 4.69) is 4.90 Å². The third-order valence-electron chi connectivity index (χ3n) is 4.01. The molecule has 0 bridgehead atoms. The fourth-order valence-electron chi connectivity index (χ4n) is 2.69. The minimum Gasteiger partial charge on any atom is -0.393 e. The molecule has 1 aromatic carbocycles. The van der Waals surface area contributed by atoms with Crippen molar-refractivity contribution in [2.24, 2.45) is 5.92 Å². The van der Waals surface area contributed by atoms with Gasteiger partial charge in [-0.25, -0.2) is 4.39 Å². The van der Waals surface area contributed by atoms with Gasteiger partial charge in [0.25, 0.3) is 0 Å². The van der Waals surface area contributed by atoms with Crippen molar-refractivity contribution in [3.05, 3.63) is 29.1 Å². The fourth-order valence-corrected chi connectivity index (χ4v) is 2.69. The van der Waals surface area contributed by atoms with Gasteiger partial charge in [0.1, 0.15) is 5.82 Å². The number of halogens is 1. The van der Waals surface area contributed by atoms with Gasteiger partial charge in [0.05, 0.1) is 12.2 Å². The molecule has 0 aliphatic carbocycles. The summed E-state index contributed by atoms with van der Waals surface area (Å²) >= 11 is 0. The predicted octanol–water partition coefficient (Wildman–Crippen LogP) is 2.39. The number of aliphatic hydroxyl groups is 2. The second-order valence-corrected chi connectivity index (χ2v) is 5.57. The molecule has 4 heteroatoms. The highest BCUT2D eigenvalue weighted by Crippen LogP contribution is 2.33. The lowest BCUT2D eigenvalue weighted by Crippen LogP contribution is -2.25. The van der Waals surface area contributed by atoms with Crippen LogP contribution in [0.15, 0.2) is 12.1 Å². The second-order valence-electron chi connectivity index (χ2n) is 5.57. The first-order chi connectivity index (χ1) is 8.90. The Morgan fingerprint density at radius 3 is 2.53 bits per heavy atom. The van der Waals surface area contributed by atoms with E-state index in [9.17, 15) is 14.6 Å². The first-order valence-corrected chi connectivity index (χ1v) is 6.81. The molecule has 0 aromatic heterocycles. The monoisotopic (exact) mass is 267 g/mol. The van der Waals surface area contributed by atoms with Gasteiger partial charge >= 0.3 is 0 Å². The van der Waals surface area contributed by atoms with Gasteiger partial charge in [-0.05, 0) is 44.9 Å². The van der Waals surface area contributed by atoms with Crippen LogP contribution >= 0.6 is 0 Å². The number of aryl methyl sites for hydroxylation is 1. The number of hydrogen-bond donors (Lipinski definition) is 2. The smallest absolute Gasteiger partial charge is 0.126 e. The summed E-state index contributed by atoms with van der Waals surface area (Å²) in [5.74, 6) is -0.0434. The zero-order valence-electron chi connectivity index (χ0n) is 11.7. The Hall–Kier alpha value is -1.13. The predicted molar refractivity (Wildman–Crippen MR) is 73.8 cm³/mol. The van der Waals surface area contributed by atoms with Crippen molar-refractivity contribution in [2.75, 3.05) is 18.0 Å². The zero-order valence-corrected chi connectivity index (χ0v) is 11.7. The Kier molecular flexibility index (Phi) is 4.11. The van der Waals surface area contributed by atoms with Crippen LogP contribution in [-0.4, -0.2) is 29.4 Å². The Balaban J connectivity index is 2.32. The van der Waals surface area contributed by atoms with Crippen LogP contribution < -0.4 is 4.90 Å². The van der Waals surface area contributed by atoms with Gasteiger partial charge in [-0.1, -0.05) is 0 Å². The standard InChI is InChI=1S/C15H22FNO2/c1-9-6-15(13(11(3)19)7-14(9)16)17-5-4-12(8-17)10(2)18/h6-7,10-12,18-19H,4-5,8H2,1-3H3. The van der Waals surface area contributed by atoms with Gasteiger partial charge < -0.3 is 15.1 Å². The molecule has 1 aliphatic heterocycles. The summed E-state index contributed by atoms with van der Waals surface area (Å²) in [5, 5.41) is 19.5. The van der Waals surface area contributed by atoms with Crippen LogP contribution in [-0.2, 0) is 0 Å². The lowest BCUT2D eigenvalue weighted by molar-refractivity contribution is 0.136. The average molecular weight is 267 g/mol. The van der Waals surface area contributed by atoms with Crippen molar-refractivity contribution in [1.82, 2.24) is 0 Å². The van der Waals surface area contributed by atoms with Crippen LogP contribution in [0.4, 0.5) is 10.1 Å². The molecular weight excluding hydrogens is 245 g/mol. The summed E-state index contributed by atoms with van der Waals surface area (Å²) in [6, 6.07) is 3.22. The summed E-state index contributed by atoms with van der Waals surface area (Å²) in [7, 11) is 0. The van der Waals surface area contributed by atoms with Gasteiger partial charge in [-0.3, -0.25) is 0 Å². The van der Waals surface area contributed by atoms with E-state index >= 15 is 0 Å². The lowest BCUT2D eigenvalue weighted by Gasteiger charge is -2.24. The molecule has 0 saturated carbocycles. The molecule has 0 radical (unpaired) electrons. The Morgan fingerprint density at radius 2 is 2.00 bits per heavy atom. The molecule has 3 nitrogen and oxygen atoms in total. The van der Waals surface area contributed by atoms with Crippen LogP contribution in [0.1, 0.15) is 37.5 Å². The van der Waals surface area contributed by atoms with E-state index in [0.717, 1.165) is 25.2 Å². The van der Waals surface area contributed by atoms with Crippen LogP contribution in [0.3, 0.4) is 0 Å². The Labute approximate surface area is 113 Å². The van der Waals surface area contributed by atoms with E-state index in [1.54, 1.807) is 26.8 Å². The average Bonchev–Trinajstić information content (AvgIpc) is 2.81. The van der Waals surface area contributed by atoms with Crippen LogP contribution in [0, 0.1) is 18.7 Å². The zero-order chi connectivity index (χ0) is 14.2. The molecule has 1 aliphatic rings. The number of aliphatic hydroxyl groups excluding tert-OH is 2. The first kappa shape index (κ1) is 14.3. The largest absolute Gasteiger partial charge is 0.393 e. The SMILES string of the molecule is Cc1cc(N2CCC(C(C)O)C2)c(C(C)O)cc1F. The highest BCUT2D eigenvalue weighted by molar-refractivity contribution is 5.57. The molecule has 0 spiro atoms. The first-order valence-electron chi connectivity index (χ1n) is 6.81. The van der Waals surface area contributed by atoms with Crippen LogP contribution in [0.2, 0.25) is 0 Å². The molecule has 1 heterocycles. The minimum absolute atomic E-state index is 0.243. The van der Waals surface area contributed by atoms with Crippen molar-refractivity contribution in [1.29, 1.82) is 0 Å². The highest BCUT2D eigenvalue weighted by Gasteiger charge is 2.28. The van der Waals surface area contributed by atoms with E-state index in [0.29, 0.717) is 11.1 Å². The molecule has 19 heavy (non-hydrogen) atoms. The van der Waals surface area contributed by atoms with Gasteiger partial charge in [0, 0.05) is 30.3 Å². The summed E-state index contributed by atoms with van der Waals surface area (Å²) in [6.07, 6.45) is -0.106. The van der Waals surface area contributed by atoms with Crippen molar-refractivity contribution >= 4 is 5.69 Å². The van der Waals surface area contributed by atoms with Crippen molar-refractivity contribution in [2.45, 2.75) is 39.4 Å². The third-order valence-corrected chi connectivity index (χ3v) is 4.01. The van der Waals surface area contributed by atoms with Crippen molar-refractivity contribution in [3.8, 4) is 0 Å². The summed E-state index contributed by atoms with van der Waals surface area (Å²) in [4.78, 5) is 2.13. The lowest BCUT2D eigenvalue weighted by atomic mass is 10.0. The number of anilines is 1. The minimum atomic E-state index is -0.698. The molecule has 0 amide bonds. The number of rotatable bonds is 3. The van der Waals surface area contributed by atoms with Gasteiger partial charge in [0.15, 0.2) is 0 Å². The maximum atomic E-state index is 13.6. The van der Waals surface area contributed by atoms with E-state index in [1.807, 2.05) is 0 Å². The molecule has 2 rings (SSSR count). The summed E-state index contributed by atoms with van der Waals surface area (Å²) < 4.78 is 13.6. The molecule has 3 atom stereocenters. The molecule has 1 aromatic rings. The number of hydrogen-bond acceptors (Lipinski definition) is 3. The molecule has 3 unspecified atom stereocenters. The maximum absolute atomic E-state index is 13.6. The van der Waals surface area contributed by atoms with Crippen LogP contribution in [0.5, 0.6) is 0 Å². The van der Waals surface area contributed by atoms with Gasteiger partial charge in [-0.15, -0.1) is 0 Å². The van der Waals surface area contributed by atoms with E-state index in [-0.39, 0.29) is 17.8 Å². The summed E-state index contributed by atoms with van der Waals surface area (Å²) in [5.41, 5.74) is 2.09. The van der Waals surface area contributed by atoms with Crippen molar-refractivity contribution in [3.63, 3.8) is 0 Å². The highest BCUT2D eigenvalue weighted by atomic mass is 19.1. The van der Waals surface area contributed by atoms with E-state index < -0.39 is 6.10 Å². The van der Waals surface area contributed by atoms with Gasteiger partial charge in [-0.2, -0.15) is 0 Å². The Bertz CT molecular complexity index is 460. The molecular formula is C15H22FNO2. The normalized spacial score (nSPS) is 22.6. The summed E-state index contributed by atoms with van der Waals surface area (Å²) in [6.45, 7) is 6.77. The number of nitrogens with zero attached hydrogens (tertiary/aromatic N) is 1. The van der Waals surface area contributed by atoms with Crippen LogP contribution in [0.25, 0.3) is 0 Å². The second kappa shape index (κ2) is 5.47. The molecule has 106 valence electrons. The van der Waals surface area contributed by atoms with E-state index in [1.165, 1.54) is 6.07 Å². The number of benzene rings is 1. The third kappa shape index (κ3) is 2.90. The van der Waals surface area contributed by atoms with Crippen molar-refractivity contribution < 1.29 is 14.6 Å². The molecule has 1 saturated heterocycles. The maximum Gasteiger partial charge on any atom is 0.126 e. The van der Waals surface area contributed by atoms with E-state index in [4.69, 9.17) is 0 Å². The molecule has 2 N–H and O–H groups in total. The van der Waals surface area contributed by atoms with Gasteiger partial charge in [0.2, 0.25) is 0 Å². The fraction of sp³-hybridized carbons (Fsp3) is 0.600. The quantitative estimate of drug-likeness (QED) is 0.884. The Morgan fingerprint density at radius 1 is 1.32 bits per heavy atom. The topological polar surface area (TPSA) is 43.7 Å².